The van der Waals surface area contributed by atoms with Gasteiger partial charge in [-0.1, -0.05) is 29.8 Å². The van der Waals surface area contributed by atoms with Crippen molar-refractivity contribution in [3.05, 3.63) is 47.5 Å². The van der Waals surface area contributed by atoms with Gasteiger partial charge in [-0.25, -0.2) is 0 Å². The van der Waals surface area contributed by atoms with E-state index in [9.17, 15) is 5.11 Å². The minimum atomic E-state index is -0.277. The zero-order valence-electron chi connectivity index (χ0n) is 13.4. The second kappa shape index (κ2) is 8.23. The SMILES string of the molecule is C=CCCC(O)CN(Cc1ccc(C)cc1C)C(C)C. The van der Waals surface area contributed by atoms with Crippen molar-refractivity contribution in [1.82, 2.24) is 4.90 Å². The Labute approximate surface area is 124 Å². The molecule has 0 aliphatic heterocycles. The van der Waals surface area contributed by atoms with E-state index in [4.69, 9.17) is 0 Å². The lowest BCUT2D eigenvalue weighted by Gasteiger charge is -2.29. The highest BCUT2D eigenvalue weighted by Gasteiger charge is 2.15. The van der Waals surface area contributed by atoms with Gasteiger partial charge in [-0.2, -0.15) is 0 Å². The molecule has 20 heavy (non-hydrogen) atoms. The maximum Gasteiger partial charge on any atom is 0.0670 e. The van der Waals surface area contributed by atoms with Gasteiger partial charge >= 0.3 is 0 Å². The van der Waals surface area contributed by atoms with Crippen LogP contribution in [0.5, 0.6) is 0 Å². The van der Waals surface area contributed by atoms with Crippen molar-refractivity contribution in [3.63, 3.8) is 0 Å². The van der Waals surface area contributed by atoms with Gasteiger partial charge in [0.2, 0.25) is 0 Å². The van der Waals surface area contributed by atoms with Crippen LogP contribution in [0, 0.1) is 13.8 Å². The monoisotopic (exact) mass is 275 g/mol. The number of benzene rings is 1. The van der Waals surface area contributed by atoms with Crippen LogP contribution >= 0.6 is 0 Å². The van der Waals surface area contributed by atoms with Crippen molar-refractivity contribution < 1.29 is 5.11 Å². The first-order valence-corrected chi connectivity index (χ1v) is 7.53. The fraction of sp³-hybridized carbons (Fsp3) is 0.556. The number of aliphatic hydroxyl groups excluding tert-OH is 1. The normalized spacial score (nSPS) is 12.9. The van der Waals surface area contributed by atoms with Crippen molar-refractivity contribution in [1.29, 1.82) is 0 Å². The van der Waals surface area contributed by atoms with E-state index in [1.165, 1.54) is 16.7 Å². The average Bonchev–Trinajstić information content (AvgIpc) is 2.38. The highest BCUT2D eigenvalue weighted by atomic mass is 16.3. The van der Waals surface area contributed by atoms with Gasteiger partial charge < -0.3 is 5.11 Å². The molecule has 0 amide bonds. The molecule has 1 atom stereocenters. The predicted molar refractivity (Wildman–Crippen MR) is 86.9 cm³/mol. The summed E-state index contributed by atoms with van der Waals surface area (Å²) >= 11 is 0. The van der Waals surface area contributed by atoms with Gasteiger partial charge in [-0.15, -0.1) is 6.58 Å². The minimum Gasteiger partial charge on any atom is -0.392 e. The van der Waals surface area contributed by atoms with Gasteiger partial charge in [-0.05, 0) is 51.7 Å². The van der Waals surface area contributed by atoms with Gasteiger partial charge in [0.05, 0.1) is 6.10 Å². The molecule has 1 unspecified atom stereocenters. The van der Waals surface area contributed by atoms with Crippen LogP contribution in [0.15, 0.2) is 30.9 Å². The Morgan fingerprint density at radius 3 is 2.55 bits per heavy atom. The van der Waals surface area contributed by atoms with Crippen LogP contribution < -0.4 is 0 Å². The molecule has 112 valence electrons. The van der Waals surface area contributed by atoms with E-state index >= 15 is 0 Å². The number of allylic oxidation sites excluding steroid dienone is 1. The molecule has 2 nitrogen and oxygen atoms in total. The number of aryl methyl sites for hydroxylation is 2. The fourth-order valence-electron chi connectivity index (χ4n) is 2.37. The summed E-state index contributed by atoms with van der Waals surface area (Å²) in [7, 11) is 0. The second-order valence-electron chi connectivity index (χ2n) is 5.97. The van der Waals surface area contributed by atoms with Crippen LogP contribution in [0.25, 0.3) is 0 Å². The molecule has 0 fully saturated rings. The summed E-state index contributed by atoms with van der Waals surface area (Å²) in [6.45, 7) is 14.0. The fourth-order valence-corrected chi connectivity index (χ4v) is 2.37. The topological polar surface area (TPSA) is 23.5 Å². The summed E-state index contributed by atoms with van der Waals surface area (Å²) < 4.78 is 0. The molecule has 1 aromatic carbocycles. The van der Waals surface area contributed by atoms with Gasteiger partial charge in [0.1, 0.15) is 0 Å². The summed E-state index contributed by atoms with van der Waals surface area (Å²) in [4.78, 5) is 2.34. The Bertz CT molecular complexity index is 425. The van der Waals surface area contributed by atoms with Gasteiger partial charge in [0.15, 0.2) is 0 Å². The maximum atomic E-state index is 10.1. The molecule has 0 aromatic heterocycles. The number of hydrogen-bond acceptors (Lipinski definition) is 2. The minimum absolute atomic E-state index is 0.277. The zero-order chi connectivity index (χ0) is 15.1. The lowest BCUT2D eigenvalue weighted by molar-refractivity contribution is 0.0854. The van der Waals surface area contributed by atoms with E-state index in [0.29, 0.717) is 6.04 Å². The quantitative estimate of drug-likeness (QED) is 0.729. The van der Waals surface area contributed by atoms with E-state index < -0.39 is 0 Å². The molecule has 1 N–H and O–H groups in total. The number of hydrogen-bond donors (Lipinski definition) is 1. The third kappa shape index (κ3) is 5.48. The van der Waals surface area contributed by atoms with Crippen molar-refractivity contribution in [2.24, 2.45) is 0 Å². The molecule has 0 bridgehead atoms. The van der Waals surface area contributed by atoms with Crippen LogP contribution in [-0.4, -0.2) is 28.7 Å². The Kier molecular flexibility index (Phi) is 6.97. The Morgan fingerprint density at radius 1 is 1.30 bits per heavy atom. The molecule has 2 heteroatoms. The molecule has 0 heterocycles. The molecule has 1 aromatic rings. The number of nitrogens with zero attached hydrogens (tertiary/aromatic N) is 1. The van der Waals surface area contributed by atoms with Gasteiger partial charge in [0.25, 0.3) is 0 Å². The van der Waals surface area contributed by atoms with Crippen LogP contribution in [-0.2, 0) is 6.54 Å². The molecular weight excluding hydrogens is 246 g/mol. The summed E-state index contributed by atoms with van der Waals surface area (Å²) in [5, 5.41) is 10.1. The summed E-state index contributed by atoms with van der Waals surface area (Å²) in [6, 6.07) is 7.02. The Balaban J connectivity index is 2.69. The molecule has 0 spiro atoms. The van der Waals surface area contributed by atoms with Crippen LogP contribution in [0.3, 0.4) is 0 Å². The highest BCUT2D eigenvalue weighted by molar-refractivity contribution is 5.30. The summed E-state index contributed by atoms with van der Waals surface area (Å²) in [5.41, 5.74) is 3.98. The van der Waals surface area contributed by atoms with Crippen molar-refractivity contribution in [2.75, 3.05) is 6.54 Å². The maximum absolute atomic E-state index is 10.1. The molecule has 0 radical (unpaired) electrons. The van der Waals surface area contributed by atoms with E-state index in [1.807, 2.05) is 6.08 Å². The molecule has 0 aliphatic carbocycles. The van der Waals surface area contributed by atoms with Crippen LogP contribution in [0.4, 0.5) is 0 Å². The van der Waals surface area contributed by atoms with E-state index in [0.717, 1.165) is 25.9 Å². The van der Waals surface area contributed by atoms with Gasteiger partial charge in [-0.3, -0.25) is 4.90 Å². The molecule has 0 saturated carbocycles. The molecular formula is C18H29NO. The number of rotatable bonds is 8. The lowest BCUT2D eigenvalue weighted by atomic mass is 10.0. The Morgan fingerprint density at radius 2 is 2.00 bits per heavy atom. The molecule has 1 rings (SSSR count). The third-order valence-corrected chi connectivity index (χ3v) is 3.75. The van der Waals surface area contributed by atoms with Crippen LogP contribution in [0.1, 0.15) is 43.4 Å². The first kappa shape index (κ1) is 16.9. The molecule has 0 saturated heterocycles. The first-order chi connectivity index (χ1) is 9.43. The van der Waals surface area contributed by atoms with Crippen LogP contribution in [0.2, 0.25) is 0 Å². The third-order valence-electron chi connectivity index (χ3n) is 3.75. The zero-order valence-corrected chi connectivity index (χ0v) is 13.4. The first-order valence-electron chi connectivity index (χ1n) is 7.53. The number of aliphatic hydroxyl groups is 1. The smallest absolute Gasteiger partial charge is 0.0670 e. The second-order valence-corrected chi connectivity index (χ2v) is 5.97. The lowest BCUT2D eigenvalue weighted by Crippen LogP contribution is -2.37. The highest BCUT2D eigenvalue weighted by Crippen LogP contribution is 2.15. The van der Waals surface area contributed by atoms with Gasteiger partial charge in [0, 0.05) is 19.1 Å². The largest absolute Gasteiger partial charge is 0.392 e. The van der Waals surface area contributed by atoms with Crippen molar-refractivity contribution >= 4 is 0 Å². The van der Waals surface area contributed by atoms with Crippen molar-refractivity contribution in [2.45, 2.75) is 59.2 Å². The Hall–Kier alpha value is -1.12. The predicted octanol–water partition coefficient (Wildman–Crippen LogP) is 3.84. The van der Waals surface area contributed by atoms with Crippen molar-refractivity contribution in [3.8, 4) is 0 Å². The summed E-state index contributed by atoms with van der Waals surface area (Å²) in [6.07, 6.45) is 3.25. The van der Waals surface area contributed by atoms with E-state index in [2.05, 4.69) is 57.4 Å². The van der Waals surface area contributed by atoms with E-state index in [1.54, 1.807) is 0 Å². The summed E-state index contributed by atoms with van der Waals surface area (Å²) in [5.74, 6) is 0. The standard InChI is InChI=1S/C18H29NO/c1-6-7-8-18(20)13-19(14(2)3)12-17-10-9-15(4)11-16(17)5/h6,9-11,14,18,20H,1,7-8,12-13H2,2-5H3. The average molecular weight is 275 g/mol. The van der Waals surface area contributed by atoms with E-state index in [-0.39, 0.29) is 6.10 Å². The molecule has 0 aliphatic rings.